The number of fused-ring (bicyclic) bond motifs is 1. The molecular formula is C28H31F3N4O. The number of hydrogen-bond donors (Lipinski definition) is 1. The van der Waals surface area contributed by atoms with Crippen molar-refractivity contribution in [2.75, 3.05) is 5.32 Å². The standard InChI is InChI=1S/C28H31F3N4O/c1-16-12-22(15-27(4,5)14-16)35-24-11-6-19(25-17(2)34-36-18(25)3)13-23(24)33-26(35)32-21-9-7-20(8-10-21)28(29,30)31/h6-11,13,16,22H,12,14-15H2,1-5H3,(H,32,33)/t16-,22+/m0/s1. The van der Waals surface area contributed by atoms with E-state index in [9.17, 15) is 13.2 Å². The van der Waals surface area contributed by atoms with Crippen LogP contribution in [0.25, 0.3) is 22.2 Å². The number of aromatic nitrogens is 3. The Bertz CT molecular complexity index is 1380. The van der Waals surface area contributed by atoms with Gasteiger partial charge in [-0.05, 0) is 86.4 Å². The molecule has 0 unspecified atom stereocenters. The van der Waals surface area contributed by atoms with Gasteiger partial charge in [0.25, 0.3) is 0 Å². The number of nitrogens with one attached hydrogen (secondary N) is 1. The summed E-state index contributed by atoms with van der Waals surface area (Å²) in [4.78, 5) is 4.94. The quantitative estimate of drug-likeness (QED) is 0.308. The second-order valence-corrected chi connectivity index (χ2v) is 11.0. The molecule has 0 amide bonds. The molecule has 190 valence electrons. The summed E-state index contributed by atoms with van der Waals surface area (Å²) in [5.41, 5.74) is 4.63. The van der Waals surface area contributed by atoms with Gasteiger partial charge in [-0.3, -0.25) is 0 Å². The Kier molecular flexibility index (Phi) is 5.88. The third-order valence-corrected chi connectivity index (χ3v) is 7.21. The minimum absolute atomic E-state index is 0.182. The van der Waals surface area contributed by atoms with Gasteiger partial charge in [-0.2, -0.15) is 13.2 Å². The topological polar surface area (TPSA) is 55.9 Å². The third-order valence-electron chi connectivity index (χ3n) is 7.21. The van der Waals surface area contributed by atoms with Gasteiger partial charge in [-0.1, -0.05) is 32.0 Å². The number of hydrogen-bond acceptors (Lipinski definition) is 4. The van der Waals surface area contributed by atoms with Crippen LogP contribution >= 0.6 is 0 Å². The number of halogens is 3. The lowest BCUT2D eigenvalue weighted by Crippen LogP contribution is -2.29. The molecule has 0 aliphatic heterocycles. The molecule has 0 spiro atoms. The van der Waals surface area contributed by atoms with Gasteiger partial charge in [-0.25, -0.2) is 4.98 Å². The van der Waals surface area contributed by atoms with Crippen LogP contribution in [0.3, 0.4) is 0 Å². The van der Waals surface area contributed by atoms with Crippen LogP contribution < -0.4 is 5.32 Å². The number of alkyl halides is 3. The van der Waals surface area contributed by atoms with Gasteiger partial charge in [0.1, 0.15) is 5.76 Å². The zero-order valence-electron chi connectivity index (χ0n) is 21.2. The van der Waals surface area contributed by atoms with Gasteiger partial charge in [0.2, 0.25) is 5.95 Å². The van der Waals surface area contributed by atoms with E-state index >= 15 is 0 Å². The van der Waals surface area contributed by atoms with Gasteiger partial charge in [0.05, 0.1) is 22.3 Å². The smallest absolute Gasteiger partial charge is 0.361 e. The van der Waals surface area contributed by atoms with Crippen molar-refractivity contribution in [2.24, 2.45) is 11.3 Å². The predicted molar refractivity (Wildman–Crippen MR) is 135 cm³/mol. The molecule has 1 fully saturated rings. The highest BCUT2D eigenvalue weighted by molar-refractivity contribution is 5.86. The summed E-state index contributed by atoms with van der Waals surface area (Å²) in [6, 6.07) is 11.5. The first-order valence-electron chi connectivity index (χ1n) is 12.3. The van der Waals surface area contributed by atoms with Crippen molar-refractivity contribution in [1.29, 1.82) is 0 Å². The van der Waals surface area contributed by atoms with Crippen molar-refractivity contribution in [2.45, 2.75) is 66.1 Å². The molecule has 8 heteroatoms. The van der Waals surface area contributed by atoms with E-state index < -0.39 is 11.7 Å². The summed E-state index contributed by atoms with van der Waals surface area (Å²) in [6.07, 6.45) is -1.20. The lowest BCUT2D eigenvalue weighted by atomic mass is 9.70. The molecule has 2 aromatic carbocycles. The van der Waals surface area contributed by atoms with Gasteiger partial charge < -0.3 is 14.4 Å². The molecule has 2 atom stereocenters. The van der Waals surface area contributed by atoms with Crippen molar-refractivity contribution in [3.05, 3.63) is 59.5 Å². The molecule has 5 nitrogen and oxygen atoms in total. The van der Waals surface area contributed by atoms with Crippen LogP contribution in [0.4, 0.5) is 24.8 Å². The highest BCUT2D eigenvalue weighted by atomic mass is 19.4. The molecule has 1 saturated carbocycles. The van der Waals surface area contributed by atoms with E-state index in [4.69, 9.17) is 9.51 Å². The van der Waals surface area contributed by atoms with Gasteiger partial charge >= 0.3 is 6.18 Å². The number of anilines is 2. The van der Waals surface area contributed by atoms with Crippen molar-refractivity contribution in [3.8, 4) is 11.1 Å². The number of imidazole rings is 1. The average Bonchev–Trinajstić information content (AvgIpc) is 3.30. The van der Waals surface area contributed by atoms with Crippen molar-refractivity contribution in [1.82, 2.24) is 14.7 Å². The van der Waals surface area contributed by atoms with Crippen LogP contribution in [0.15, 0.2) is 47.0 Å². The summed E-state index contributed by atoms with van der Waals surface area (Å²) in [7, 11) is 0. The highest BCUT2D eigenvalue weighted by Gasteiger charge is 2.35. The lowest BCUT2D eigenvalue weighted by molar-refractivity contribution is -0.137. The lowest BCUT2D eigenvalue weighted by Gasteiger charge is -2.40. The average molecular weight is 497 g/mol. The fourth-order valence-corrected chi connectivity index (χ4v) is 5.97. The fraction of sp³-hybridized carbons (Fsp3) is 0.429. The molecular weight excluding hydrogens is 465 g/mol. The van der Waals surface area contributed by atoms with Gasteiger partial charge in [0, 0.05) is 17.3 Å². The molecule has 1 aliphatic carbocycles. The summed E-state index contributed by atoms with van der Waals surface area (Å²) in [6.45, 7) is 10.7. The summed E-state index contributed by atoms with van der Waals surface area (Å²) >= 11 is 0. The van der Waals surface area contributed by atoms with Crippen molar-refractivity contribution < 1.29 is 17.7 Å². The SMILES string of the molecule is Cc1noc(C)c1-c1ccc2c(c1)nc(Nc1ccc(C(F)(F)F)cc1)n2[C@@H]1C[C@H](C)CC(C)(C)C1. The van der Waals surface area contributed by atoms with Gasteiger partial charge in [0.15, 0.2) is 0 Å². The second kappa shape index (κ2) is 8.68. The minimum Gasteiger partial charge on any atom is -0.361 e. The van der Waals surface area contributed by atoms with E-state index in [1.807, 2.05) is 19.9 Å². The Labute approximate surface area is 208 Å². The second-order valence-electron chi connectivity index (χ2n) is 11.0. The molecule has 0 saturated heterocycles. The summed E-state index contributed by atoms with van der Waals surface area (Å²) < 4.78 is 46.8. The van der Waals surface area contributed by atoms with Crippen LogP contribution in [-0.2, 0) is 6.18 Å². The summed E-state index contributed by atoms with van der Waals surface area (Å²) in [5, 5.41) is 7.39. The van der Waals surface area contributed by atoms with Crippen LogP contribution in [0.1, 0.15) is 63.1 Å². The van der Waals surface area contributed by atoms with Crippen molar-refractivity contribution in [3.63, 3.8) is 0 Å². The predicted octanol–water partition coefficient (Wildman–Crippen LogP) is 8.46. The Morgan fingerprint density at radius 1 is 1.06 bits per heavy atom. The van der Waals surface area contributed by atoms with Crippen LogP contribution in [0.5, 0.6) is 0 Å². The van der Waals surface area contributed by atoms with E-state index in [2.05, 4.69) is 47.9 Å². The van der Waals surface area contributed by atoms with E-state index in [-0.39, 0.29) is 11.5 Å². The maximum atomic E-state index is 13.1. The monoisotopic (exact) mass is 496 g/mol. The zero-order valence-corrected chi connectivity index (χ0v) is 21.2. The van der Waals surface area contributed by atoms with E-state index in [1.165, 1.54) is 12.1 Å². The van der Waals surface area contributed by atoms with E-state index in [0.29, 0.717) is 17.6 Å². The molecule has 36 heavy (non-hydrogen) atoms. The van der Waals surface area contributed by atoms with E-state index in [0.717, 1.165) is 65.0 Å². The van der Waals surface area contributed by atoms with E-state index in [1.54, 1.807) is 0 Å². The molecule has 1 N–H and O–H groups in total. The molecule has 5 rings (SSSR count). The third kappa shape index (κ3) is 4.61. The molecule has 4 aromatic rings. The zero-order chi connectivity index (χ0) is 25.8. The normalized spacial score (nSPS) is 20.1. The molecule has 2 heterocycles. The maximum Gasteiger partial charge on any atom is 0.416 e. The Hall–Kier alpha value is -3.29. The summed E-state index contributed by atoms with van der Waals surface area (Å²) in [5.74, 6) is 1.93. The minimum atomic E-state index is -4.37. The Morgan fingerprint density at radius 2 is 1.78 bits per heavy atom. The molecule has 0 radical (unpaired) electrons. The van der Waals surface area contributed by atoms with Crippen LogP contribution in [0.2, 0.25) is 0 Å². The largest absolute Gasteiger partial charge is 0.416 e. The number of aryl methyl sites for hydroxylation is 2. The van der Waals surface area contributed by atoms with Crippen LogP contribution in [0, 0.1) is 25.2 Å². The molecule has 2 aromatic heterocycles. The first-order chi connectivity index (χ1) is 16.9. The molecule has 1 aliphatic rings. The van der Waals surface area contributed by atoms with Gasteiger partial charge in [-0.15, -0.1) is 0 Å². The Balaban J connectivity index is 1.60. The first-order valence-corrected chi connectivity index (χ1v) is 12.3. The number of nitrogens with zero attached hydrogens (tertiary/aromatic N) is 3. The van der Waals surface area contributed by atoms with Crippen molar-refractivity contribution >= 4 is 22.7 Å². The maximum absolute atomic E-state index is 13.1. The number of benzene rings is 2. The Morgan fingerprint density at radius 3 is 2.39 bits per heavy atom. The molecule has 0 bridgehead atoms. The fourth-order valence-electron chi connectivity index (χ4n) is 5.97. The first kappa shape index (κ1) is 24.4. The highest BCUT2D eigenvalue weighted by Crippen LogP contribution is 2.46. The van der Waals surface area contributed by atoms with Crippen LogP contribution in [-0.4, -0.2) is 14.7 Å². The number of rotatable bonds is 4.